The van der Waals surface area contributed by atoms with Crippen molar-refractivity contribution in [1.82, 2.24) is 9.97 Å². The van der Waals surface area contributed by atoms with Crippen molar-refractivity contribution < 1.29 is 0 Å². The number of hydrogen-bond acceptors (Lipinski definition) is 3. The fraction of sp³-hybridized carbons (Fsp3) is 0.100. The highest BCUT2D eigenvalue weighted by molar-refractivity contribution is 5.78. The van der Waals surface area contributed by atoms with Crippen LogP contribution in [0.4, 0.5) is 0 Å². The summed E-state index contributed by atoms with van der Waals surface area (Å²) in [4.78, 5) is 8.21. The topological polar surface area (TPSA) is 49.6 Å². The molecule has 0 unspecified atom stereocenters. The summed E-state index contributed by atoms with van der Waals surface area (Å²) < 4.78 is 0. The summed E-state index contributed by atoms with van der Waals surface area (Å²) in [6, 6.07) is 7.76. The predicted octanol–water partition coefficient (Wildman–Crippen LogP) is 1.70. The predicted molar refractivity (Wildman–Crippen MR) is 48.9 cm³/mol. The lowest BCUT2D eigenvalue weighted by atomic mass is 10.1. The minimum Gasteiger partial charge on any atom is -0.237 e. The Bertz CT molecular complexity index is 466. The second kappa shape index (κ2) is 3.20. The van der Waals surface area contributed by atoms with E-state index >= 15 is 0 Å². The van der Waals surface area contributed by atoms with Gasteiger partial charge in [-0.3, -0.25) is 0 Å². The highest BCUT2D eigenvalue weighted by atomic mass is 14.8. The van der Waals surface area contributed by atoms with E-state index in [2.05, 4.69) is 16.0 Å². The van der Waals surface area contributed by atoms with Crippen LogP contribution in [0.1, 0.15) is 5.56 Å². The zero-order valence-corrected chi connectivity index (χ0v) is 6.94. The van der Waals surface area contributed by atoms with Crippen LogP contribution < -0.4 is 0 Å². The van der Waals surface area contributed by atoms with Crippen molar-refractivity contribution in [2.24, 2.45) is 0 Å². The molecular formula is C10H7N3. The van der Waals surface area contributed by atoms with Crippen molar-refractivity contribution in [1.29, 1.82) is 5.26 Å². The lowest BCUT2D eigenvalue weighted by molar-refractivity contribution is 1.22. The zero-order valence-electron chi connectivity index (χ0n) is 6.94. The van der Waals surface area contributed by atoms with E-state index in [1.165, 1.54) is 0 Å². The van der Waals surface area contributed by atoms with Gasteiger partial charge >= 0.3 is 0 Å². The molecule has 0 N–H and O–H groups in total. The molecule has 2 rings (SSSR count). The Morgan fingerprint density at radius 1 is 1.23 bits per heavy atom. The molecule has 3 heteroatoms. The van der Waals surface area contributed by atoms with Crippen LogP contribution in [-0.4, -0.2) is 9.97 Å². The molecule has 0 amide bonds. The summed E-state index contributed by atoms with van der Waals surface area (Å²) in [5.74, 6) is 0. The molecule has 0 radical (unpaired) electrons. The van der Waals surface area contributed by atoms with Gasteiger partial charge in [0.2, 0.25) is 0 Å². The molecule has 0 bridgehead atoms. The third-order valence-electron chi connectivity index (χ3n) is 1.87. The first-order valence-corrected chi connectivity index (χ1v) is 3.97. The van der Waals surface area contributed by atoms with Crippen molar-refractivity contribution in [3.63, 3.8) is 0 Å². The van der Waals surface area contributed by atoms with Crippen molar-refractivity contribution in [2.75, 3.05) is 0 Å². The number of rotatable bonds is 1. The van der Waals surface area contributed by atoms with Crippen LogP contribution in [0, 0.1) is 11.3 Å². The smallest absolute Gasteiger partial charge is 0.159 e. The van der Waals surface area contributed by atoms with Gasteiger partial charge in [0.25, 0.3) is 0 Å². The molecule has 0 aliphatic carbocycles. The average Bonchev–Trinajstić information content (AvgIpc) is 2.19. The molecule has 0 aliphatic heterocycles. The van der Waals surface area contributed by atoms with Gasteiger partial charge in [-0.2, -0.15) is 5.26 Å². The van der Waals surface area contributed by atoms with Crippen molar-refractivity contribution in [3.05, 3.63) is 36.2 Å². The highest BCUT2D eigenvalue weighted by Gasteiger charge is 2.00. The normalized spacial score (nSPS) is 9.77. The van der Waals surface area contributed by atoms with Gasteiger partial charge in [0.05, 0.1) is 12.5 Å². The maximum Gasteiger partial charge on any atom is 0.159 e. The summed E-state index contributed by atoms with van der Waals surface area (Å²) in [6.07, 6.45) is 3.79. The number of nitrogens with zero attached hydrogens (tertiary/aromatic N) is 3. The van der Waals surface area contributed by atoms with Gasteiger partial charge in [-0.15, -0.1) is 0 Å². The van der Waals surface area contributed by atoms with Gasteiger partial charge in [0, 0.05) is 17.8 Å². The van der Waals surface area contributed by atoms with Gasteiger partial charge < -0.3 is 0 Å². The van der Waals surface area contributed by atoms with Crippen molar-refractivity contribution >= 4 is 11.0 Å². The number of fused-ring (bicyclic) bond motifs is 1. The largest absolute Gasteiger partial charge is 0.237 e. The average molecular weight is 169 g/mol. The third kappa shape index (κ3) is 1.34. The molecule has 0 saturated heterocycles. The molecule has 0 spiro atoms. The molecular weight excluding hydrogens is 162 g/mol. The first-order valence-electron chi connectivity index (χ1n) is 3.97. The van der Waals surface area contributed by atoms with Crippen LogP contribution in [0.25, 0.3) is 11.0 Å². The van der Waals surface area contributed by atoms with E-state index < -0.39 is 0 Å². The van der Waals surface area contributed by atoms with E-state index in [9.17, 15) is 0 Å². The monoisotopic (exact) mass is 169 g/mol. The zero-order chi connectivity index (χ0) is 9.10. The minimum atomic E-state index is 0.407. The standard InChI is InChI=1S/C10H7N3/c11-5-3-8-4-7-13-10-9(8)2-1-6-12-10/h1-2,4,6-7H,3H2. The molecule has 0 saturated carbocycles. The Kier molecular flexibility index (Phi) is 1.89. The molecule has 0 atom stereocenters. The molecule has 3 nitrogen and oxygen atoms in total. The third-order valence-corrected chi connectivity index (χ3v) is 1.87. The van der Waals surface area contributed by atoms with Gasteiger partial charge in [-0.1, -0.05) is 0 Å². The van der Waals surface area contributed by atoms with E-state index in [4.69, 9.17) is 5.26 Å². The fourth-order valence-electron chi connectivity index (χ4n) is 1.28. The number of pyridine rings is 2. The van der Waals surface area contributed by atoms with E-state index in [0.29, 0.717) is 12.1 Å². The van der Waals surface area contributed by atoms with Crippen molar-refractivity contribution in [3.8, 4) is 6.07 Å². The van der Waals surface area contributed by atoms with Crippen LogP contribution in [0.5, 0.6) is 0 Å². The fourth-order valence-corrected chi connectivity index (χ4v) is 1.28. The van der Waals surface area contributed by atoms with Crippen LogP contribution in [-0.2, 0) is 6.42 Å². The summed E-state index contributed by atoms with van der Waals surface area (Å²) >= 11 is 0. The van der Waals surface area contributed by atoms with E-state index in [1.807, 2.05) is 18.2 Å². The summed E-state index contributed by atoms with van der Waals surface area (Å²) in [7, 11) is 0. The Labute approximate surface area is 75.7 Å². The Morgan fingerprint density at radius 2 is 2.08 bits per heavy atom. The van der Waals surface area contributed by atoms with Gasteiger partial charge in [0.1, 0.15) is 0 Å². The van der Waals surface area contributed by atoms with Crippen LogP contribution >= 0.6 is 0 Å². The maximum absolute atomic E-state index is 8.59. The Hall–Kier alpha value is -1.95. The SMILES string of the molecule is N#CCc1ccnc2ncccc12. The van der Waals surface area contributed by atoms with Crippen LogP contribution in [0.15, 0.2) is 30.6 Å². The van der Waals surface area contributed by atoms with E-state index in [-0.39, 0.29) is 0 Å². The number of hydrogen-bond donors (Lipinski definition) is 0. The Balaban J connectivity index is 2.70. The lowest BCUT2D eigenvalue weighted by Gasteiger charge is -1.99. The minimum absolute atomic E-state index is 0.407. The number of aromatic nitrogens is 2. The molecule has 13 heavy (non-hydrogen) atoms. The van der Waals surface area contributed by atoms with Crippen LogP contribution in [0.3, 0.4) is 0 Å². The molecule has 0 fully saturated rings. The highest BCUT2D eigenvalue weighted by Crippen LogP contribution is 2.13. The van der Waals surface area contributed by atoms with E-state index in [0.717, 1.165) is 10.9 Å². The van der Waals surface area contributed by atoms with Gasteiger partial charge in [0.15, 0.2) is 5.65 Å². The maximum atomic E-state index is 8.59. The second-order valence-electron chi connectivity index (χ2n) is 2.68. The van der Waals surface area contributed by atoms with Crippen LogP contribution in [0.2, 0.25) is 0 Å². The summed E-state index contributed by atoms with van der Waals surface area (Å²) in [5, 5.41) is 9.55. The molecule has 0 aliphatic rings. The van der Waals surface area contributed by atoms with Gasteiger partial charge in [-0.05, 0) is 23.8 Å². The molecule has 62 valence electrons. The first kappa shape index (κ1) is 7.69. The summed E-state index contributed by atoms with van der Waals surface area (Å²) in [6.45, 7) is 0. The quantitative estimate of drug-likeness (QED) is 0.652. The second-order valence-corrected chi connectivity index (χ2v) is 2.68. The molecule has 2 heterocycles. The summed E-state index contributed by atoms with van der Waals surface area (Å²) in [5.41, 5.74) is 1.69. The van der Waals surface area contributed by atoms with Crippen molar-refractivity contribution in [2.45, 2.75) is 6.42 Å². The lowest BCUT2D eigenvalue weighted by Crippen LogP contribution is -1.88. The molecule has 0 aromatic carbocycles. The van der Waals surface area contributed by atoms with E-state index in [1.54, 1.807) is 12.4 Å². The van der Waals surface area contributed by atoms with Gasteiger partial charge in [-0.25, -0.2) is 9.97 Å². The first-order chi connectivity index (χ1) is 6.42. The number of nitriles is 1. The Morgan fingerprint density at radius 3 is 2.92 bits per heavy atom. The molecule has 2 aromatic rings. The molecule has 2 aromatic heterocycles.